The summed E-state index contributed by atoms with van der Waals surface area (Å²) in [7, 11) is 0. The highest BCUT2D eigenvalue weighted by Crippen LogP contribution is 2.17. The minimum absolute atomic E-state index is 0.149. The van der Waals surface area contributed by atoms with Crippen molar-refractivity contribution < 1.29 is 14.0 Å². The van der Waals surface area contributed by atoms with Crippen LogP contribution in [0.1, 0.15) is 50.5 Å². The first-order chi connectivity index (χ1) is 15.9. The summed E-state index contributed by atoms with van der Waals surface area (Å²) in [6.45, 7) is 7.21. The summed E-state index contributed by atoms with van der Waals surface area (Å²) >= 11 is 0. The number of benzene rings is 1. The molecule has 0 aliphatic heterocycles. The topological polar surface area (TPSA) is 107 Å². The highest BCUT2D eigenvalue weighted by atomic mass is 16.3. The summed E-state index contributed by atoms with van der Waals surface area (Å²) in [6.07, 6.45) is 3.20. The standard InChI is InChI=1S/C24H26N6O3/c1-4-29-15-21(22(28-29)24(32)25-13-20-9-6-10-33-20)26-23(31)19-8-5-7-18(12-19)14-30-17(3)11-16(2)27-30/h5-12,15H,4,13-14H2,1-3H3,(H,25,32)(H,26,31). The number of amides is 2. The van der Waals surface area contributed by atoms with Crippen molar-refractivity contribution in [3.05, 3.63) is 88.9 Å². The summed E-state index contributed by atoms with van der Waals surface area (Å²) < 4.78 is 8.75. The molecule has 2 N–H and O–H groups in total. The van der Waals surface area contributed by atoms with Gasteiger partial charge < -0.3 is 15.1 Å². The molecule has 2 amide bonds. The predicted molar refractivity (Wildman–Crippen MR) is 123 cm³/mol. The average molecular weight is 447 g/mol. The van der Waals surface area contributed by atoms with E-state index in [1.807, 2.05) is 49.7 Å². The van der Waals surface area contributed by atoms with Crippen LogP contribution in [0.5, 0.6) is 0 Å². The largest absolute Gasteiger partial charge is 0.467 e. The van der Waals surface area contributed by atoms with Crippen molar-refractivity contribution in [3.8, 4) is 0 Å². The number of carbonyl (C=O) groups is 2. The average Bonchev–Trinajstić information content (AvgIpc) is 3.53. The van der Waals surface area contributed by atoms with E-state index in [-0.39, 0.29) is 18.1 Å². The van der Waals surface area contributed by atoms with E-state index in [0.29, 0.717) is 30.1 Å². The number of rotatable bonds is 8. The molecule has 0 aliphatic rings. The molecule has 0 saturated heterocycles. The maximum atomic E-state index is 13.0. The predicted octanol–water partition coefficient (Wildman–Crippen LogP) is 3.54. The molecule has 3 aromatic heterocycles. The van der Waals surface area contributed by atoms with Crippen LogP contribution in [0.25, 0.3) is 0 Å². The Bertz CT molecular complexity index is 1270. The van der Waals surface area contributed by atoms with Gasteiger partial charge in [-0.1, -0.05) is 12.1 Å². The summed E-state index contributed by atoms with van der Waals surface area (Å²) in [5.74, 6) is -0.0866. The Hall–Kier alpha value is -4.14. The number of aryl methyl sites for hydroxylation is 3. The lowest BCUT2D eigenvalue weighted by atomic mass is 10.1. The molecule has 3 heterocycles. The van der Waals surface area contributed by atoms with Crippen LogP contribution in [-0.4, -0.2) is 31.4 Å². The van der Waals surface area contributed by atoms with Crippen LogP contribution in [0.3, 0.4) is 0 Å². The maximum absolute atomic E-state index is 13.0. The number of carbonyl (C=O) groups excluding carboxylic acids is 2. The Labute approximate surface area is 191 Å². The molecule has 0 unspecified atom stereocenters. The zero-order valence-electron chi connectivity index (χ0n) is 18.8. The summed E-state index contributed by atoms with van der Waals surface area (Å²) in [5, 5.41) is 14.4. The molecule has 4 rings (SSSR count). The quantitative estimate of drug-likeness (QED) is 0.431. The van der Waals surface area contributed by atoms with Gasteiger partial charge in [0.05, 0.1) is 30.7 Å². The van der Waals surface area contributed by atoms with Gasteiger partial charge in [-0.15, -0.1) is 0 Å². The van der Waals surface area contributed by atoms with Crippen LogP contribution in [0.2, 0.25) is 0 Å². The van der Waals surface area contributed by atoms with Gasteiger partial charge in [0.25, 0.3) is 11.8 Å². The molecular formula is C24H26N6O3. The van der Waals surface area contributed by atoms with E-state index in [9.17, 15) is 9.59 Å². The van der Waals surface area contributed by atoms with Crippen LogP contribution in [0, 0.1) is 13.8 Å². The van der Waals surface area contributed by atoms with E-state index in [2.05, 4.69) is 20.8 Å². The molecule has 0 bridgehead atoms. The van der Waals surface area contributed by atoms with Crippen molar-refractivity contribution in [3.63, 3.8) is 0 Å². The first-order valence-corrected chi connectivity index (χ1v) is 10.7. The van der Waals surface area contributed by atoms with Gasteiger partial charge in [-0.2, -0.15) is 10.2 Å². The summed E-state index contributed by atoms with van der Waals surface area (Å²) in [5.41, 5.74) is 3.94. The number of furan rings is 1. The number of aromatic nitrogens is 4. The molecule has 9 heteroatoms. The second kappa shape index (κ2) is 9.56. The molecule has 0 fully saturated rings. The summed E-state index contributed by atoms with van der Waals surface area (Å²) in [4.78, 5) is 25.7. The van der Waals surface area contributed by atoms with E-state index in [0.717, 1.165) is 17.0 Å². The number of hydrogen-bond donors (Lipinski definition) is 2. The van der Waals surface area contributed by atoms with Gasteiger partial charge in [0.15, 0.2) is 5.69 Å². The number of hydrogen-bond acceptors (Lipinski definition) is 5. The van der Waals surface area contributed by atoms with Gasteiger partial charge in [0.1, 0.15) is 5.76 Å². The molecule has 0 aliphatic carbocycles. The van der Waals surface area contributed by atoms with Gasteiger partial charge in [-0.25, -0.2) is 0 Å². The van der Waals surface area contributed by atoms with Crippen LogP contribution >= 0.6 is 0 Å². The third-order valence-electron chi connectivity index (χ3n) is 5.18. The fourth-order valence-electron chi connectivity index (χ4n) is 3.52. The van der Waals surface area contributed by atoms with Crippen molar-refractivity contribution in [2.75, 3.05) is 5.32 Å². The first kappa shape index (κ1) is 22.1. The molecule has 4 aromatic rings. The lowest BCUT2D eigenvalue weighted by Crippen LogP contribution is -2.25. The Morgan fingerprint density at radius 2 is 1.91 bits per heavy atom. The highest BCUT2D eigenvalue weighted by Gasteiger charge is 2.19. The van der Waals surface area contributed by atoms with E-state index < -0.39 is 5.91 Å². The van der Waals surface area contributed by atoms with Crippen molar-refractivity contribution in [2.45, 2.75) is 40.4 Å². The minimum atomic E-state index is -0.396. The third kappa shape index (κ3) is 5.20. The second-order valence-electron chi connectivity index (χ2n) is 7.75. The molecule has 1 aromatic carbocycles. The van der Waals surface area contributed by atoms with Gasteiger partial charge in [0.2, 0.25) is 0 Å². The maximum Gasteiger partial charge on any atom is 0.274 e. The molecule has 0 atom stereocenters. The third-order valence-corrected chi connectivity index (χ3v) is 5.18. The fourth-order valence-corrected chi connectivity index (χ4v) is 3.52. The van der Waals surface area contributed by atoms with Crippen molar-refractivity contribution in [1.29, 1.82) is 0 Å². The first-order valence-electron chi connectivity index (χ1n) is 10.7. The Balaban J connectivity index is 1.49. The number of anilines is 1. The van der Waals surface area contributed by atoms with E-state index in [4.69, 9.17) is 4.42 Å². The number of nitrogens with zero attached hydrogens (tertiary/aromatic N) is 4. The summed E-state index contributed by atoms with van der Waals surface area (Å²) in [6, 6.07) is 12.9. The van der Waals surface area contributed by atoms with E-state index in [1.54, 1.807) is 35.3 Å². The van der Waals surface area contributed by atoms with Crippen molar-refractivity contribution in [1.82, 2.24) is 24.9 Å². The molecular weight excluding hydrogens is 420 g/mol. The van der Waals surface area contributed by atoms with E-state index >= 15 is 0 Å². The zero-order valence-corrected chi connectivity index (χ0v) is 18.8. The lowest BCUT2D eigenvalue weighted by molar-refractivity contribution is 0.0943. The Morgan fingerprint density at radius 3 is 2.61 bits per heavy atom. The normalized spacial score (nSPS) is 10.9. The van der Waals surface area contributed by atoms with Crippen molar-refractivity contribution >= 4 is 17.5 Å². The van der Waals surface area contributed by atoms with Crippen LogP contribution in [-0.2, 0) is 19.6 Å². The molecule has 9 nitrogen and oxygen atoms in total. The second-order valence-corrected chi connectivity index (χ2v) is 7.75. The van der Waals surface area contributed by atoms with Gasteiger partial charge in [0, 0.05) is 24.0 Å². The molecule has 170 valence electrons. The van der Waals surface area contributed by atoms with Crippen LogP contribution in [0.15, 0.2) is 59.3 Å². The number of nitrogens with one attached hydrogen (secondary N) is 2. The van der Waals surface area contributed by atoms with Gasteiger partial charge >= 0.3 is 0 Å². The lowest BCUT2D eigenvalue weighted by Gasteiger charge is -2.09. The van der Waals surface area contributed by atoms with Gasteiger partial charge in [-0.3, -0.25) is 19.0 Å². The smallest absolute Gasteiger partial charge is 0.274 e. The van der Waals surface area contributed by atoms with Crippen LogP contribution in [0.4, 0.5) is 5.69 Å². The monoisotopic (exact) mass is 446 g/mol. The highest BCUT2D eigenvalue weighted by molar-refractivity contribution is 6.08. The minimum Gasteiger partial charge on any atom is -0.467 e. The van der Waals surface area contributed by atoms with E-state index in [1.165, 1.54) is 0 Å². The molecule has 33 heavy (non-hydrogen) atoms. The van der Waals surface area contributed by atoms with Crippen molar-refractivity contribution in [2.24, 2.45) is 0 Å². The van der Waals surface area contributed by atoms with Crippen LogP contribution < -0.4 is 10.6 Å². The SMILES string of the molecule is CCn1cc(NC(=O)c2cccc(Cn3nc(C)cc3C)c2)c(C(=O)NCc2ccco2)n1. The Kier molecular flexibility index (Phi) is 6.39. The molecule has 0 spiro atoms. The van der Waals surface area contributed by atoms with Gasteiger partial charge in [-0.05, 0) is 56.7 Å². The Morgan fingerprint density at radius 1 is 1.06 bits per heavy atom. The fraction of sp³-hybridized carbons (Fsp3) is 0.250. The molecule has 0 radical (unpaired) electrons. The molecule has 0 saturated carbocycles. The zero-order chi connectivity index (χ0) is 23.4.